The molecule has 5 N–H and O–H groups in total. The molecule has 1 heterocycles. The van der Waals surface area contributed by atoms with Gasteiger partial charge in [0.1, 0.15) is 19.1 Å². The van der Waals surface area contributed by atoms with Gasteiger partial charge in [0.15, 0.2) is 0 Å². The Kier molecular flexibility index (Phi) is 8.60. The van der Waals surface area contributed by atoms with Gasteiger partial charge in [-0.3, -0.25) is 14.4 Å². The summed E-state index contributed by atoms with van der Waals surface area (Å²) < 4.78 is 0. The lowest BCUT2D eigenvalue weighted by Crippen LogP contribution is -2.60. The Bertz CT molecular complexity index is 1490. The van der Waals surface area contributed by atoms with Gasteiger partial charge >= 0.3 is 5.97 Å². The summed E-state index contributed by atoms with van der Waals surface area (Å²) in [6.07, 6.45) is 2.42. The lowest BCUT2D eigenvalue weighted by atomic mass is 10.0. The topological polar surface area (TPSA) is 157 Å². The SMILES string of the molecule is N=C/C(=C\N)c1ccc(Cl)cc1N1CC(=O)N(C(Cc2ccccc2)C(=O)Nc2ccc(C(=O)O)cc2)CC1=O. The molecule has 0 aromatic heterocycles. The molecule has 1 fully saturated rings. The minimum Gasteiger partial charge on any atom is -0.478 e. The molecule has 0 aliphatic carbocycles. The second-order valence-electron chi connectivity index (χ2n) is 9.01. The van der Waals surface area contributed by atoms with E-state index in [-0.39, 0.29) is 25.1 Å². The molecule has 1 aliphatic heterocycles. The molecule has 1 unspecified atom stereocenters. The van der Waals surface area contributed by atoms with Crippen molar-refractivity contribution in [3.8, 4) is 0 Å². The van der Waals surface area contributed by atoms with Crippen molar-refractivity contribution in [2.45, 2.75) is 12.5 Å². The van der Waals surface area contributed by atoms with Gasteiger partial charge in [-0.1, -0.05) is 48.0 Å². The van der Waals surface area contributed by atoms with E-state index in [9.17, 15) is 19.2 Å². The molecule has 10 nitrogen and oxygen atoms in total. The Morgan fingerprint density at radius 2 is 1.73 bits per heavy atom. The summed E-state index contributed by atoms with van der Waals surface area (Å²) in [4.78, 5) is 54.1. The van der Waals surface area contributed by atoms with Crippen LogP contribution in [0.25, 0.3) is 5.57 Å². The van der Waals surface area contributed by atoms with Gasteiger partial charge in [0.25, 0.3) is 0 Å². The van der Waals surface area contributed by atoms with Crippen molar-refractivity contribution in [3.05, 3.63) is 101 Å². The fourth-order valence-electron chi connectivity index (χ4n) is 4.43. The number of nitrogens with two attached hydrogens (primary N) is 1. The minimum atomic E-state index is -1.10. The normalized spacial score (nSPS) is 14.6. The maximum absolute atomic E-state index is 13.5. The zero-order valence-corrected chi connectivity index (χ0v) is 22.0. The number of carboxylic acids is 1. The third-order valence-electron chi connectivity index (χ3n) is 6.47. The first kappa shape index (κ1) is 28.1. The Balaban J connectivity index is 1.63. The molecule has 204 valence electrons. The monoisotopic (exact) mass is 559 g/mol. The van der Waals surface area contributed by atoms with Crippen LogP contribution in [0.4, 0.5) is 11.4 Å². The number of nitrogens with zero attached hydrogens (tertiary/aromatic N) is 2. The van der Waals surface area contributed by atoms with E-state index in [4.69, 9.17) is 27.9 Å². The maximum atomic E-state index is 13.5. The second-order valence-corrected chi connectivity index (χ2v) is 9.44. The average Bonchev–Trinajstić information content (AvgIpc) is 2.95. The first-order valence-electron chi connectivity index (χ1n) is 12.2. The number of carboxylic acid groups (broad SMARTS) is 1. The molecule has 0 bridgehead atoms. The molecular formula is C29H26ClN5O5. The summed E-state index contributed by atoms with van der Waals surface area (Å²) in [5, 5.41) is 19.9. The molecule has 4 rings (SSSR count). The number of allylic oxidation sites excluding steroid dienone is 1. The molecule has 3 aromatic rings. The van der Waals surface area contributed by atoms with Crippen molar-refractivity contribution in [1.82, 2.24) is 4.90 Å². The first-order valence-corrected chi connectivity index (χ1v) is 12.6. The largest absolute Gasteiger partial charge is 0.478 e. The number of carbonyl (C=O) groups is 4. The number of benzene rings is 3. The second kappa shape index (κ2) is 12.3. The molecule has 0 radical (unpaired) electrons. The number of anilines is 2. The fourth-order valence-corrected chi connectivity index (χ4v) is 4.59. The van der Waals surface area contributed by atoms with Crippen molar-refractivity contribution in [2.24, 2.45) is 5.73 Å². The van der Waals surface area contributed by atoms with Gasteiger partial charge in [-0.05, 0) is 42.0 Å². The number of carbonyl (C=O) groups excluding carboxylic acids is 3. The summed E-state index contributed by atoms with van der Waals surface area (Å²) in [6, 6.07) is 18.4. The number of hydrogen-bond donors (Lipinski definition) is 4. The Labute approximate surface area is 235 Å². The van der Waals surface area contributed by atoms with Gasteiger partial charge in [-0.2, -0.15) is 0 Å². The summed E-state index contributed by atoms with van der Waals surface area (Å²) in [5.41, 5.74) is 7.99. The number of halogens is 1. The van der Waals surface area contributed by atoms with Crippen LogP contribution in [-0.4, -0.2) is 59.0 Å². The number of hydrogen-bond acceptors (Lipinski definition) is 6. The minimum absolute atomic E-state index is 0.0618. The number of rotatable bonds is 9. The van der Waals surface area contributed by atoms with Crippen LogP contribution in [0.15, 0.2) is 79.0 Å². The van der Waals surface area contributed by atoms with Crippen LogP contribution in [0.5, 0.6) is 0 Å². The number of nitrogens with one attached hydrogen (secondary N) is 2. The van der Waals surface area contributed by atoms with Crippen molar-refractivity contribution in [3.63, 3.8) is 0 Å². The van der Waals surface area contributed by atoms with E-state index in [0.717, 1.165) is 11.8 Å². The molecule has 11 heteroatoms. The van der Waals surface area contributed by atoms with Gasteiger partial charge in [-0.15, -0.1) is 0 Å². The van der Waals surface area contributed by atoms with E-state index in [1.165, 1.54) is 46.3 Å². The van der Waals surface area contributed by atoms with Crippen LogP contribution in [0.3, 0.4) is 0 Å². The van der Waals surface area contributed by atoms with Crippen molar-refractivity contribution in [2.75, 3.05) is 23.3 Å². The van der Waals surface area contributed by atoms with Crippen molar-refractivity contribution >= 4 is 58.5 Å². The number of piperazine rings is 1. The predicted octanol–water partition coefficient (Wildman–Crippen LogP) is 3.41. The molecule has 0 saturated carbocycles. The van der Waals surface area contributed by atoms with Gasteiger partial charge < -0.3 is 31.4 Å². The summed E-state index contributed by atoms with van der Waals surface area (Å²) in [7, 11) is 0. The standard InChI is InChI=1S/C29H26ClN5O5/c30-21-8-11-23(20(14-31)15-32)24(13-21)34-16-27(37)35(17-26(34)36)25(12-18-4-2-1-3-5-18)28(38)33-22-9-6-19(7-10-22)29(39)40/h1-11,13-15,25,31H,12,16-17,32H2,(H,33,38)(H,39,40)/b20-15+,31-14?. The highest BCUT2D eigenvalue weighted by molar-refractivity contribution is 6.31. The van der Waals surface area contributed by atoms with Crippen LogP contribution in [0.2, 0.25) is 5.02 Å². The molecule has 1 atom stereocenters. The Hall–Kier alpha value is -4.96. The van der Waals surface area contributed by atoms with Crippen LogP contribution in [0.1, 0.15) is 21.5 Å². The smallest absolute Gasteiger partial charge is 0.335 e. The van der Waals surface area contributed by atoms with Gasteiger partial charge in [0, 0.05) is 40.7 Å². The third kappa shape index (κ3) is 6.19. The predicted molar refractivity (Wildman–Crippen MR) is 152 cm³/mol. The third-order valence-corrected chi connectivity index (χ3v) is 6.70. The van der Waals surface area contributed by atoms with Crippen LogP contribution < -0.4 is 16.0 Å². The van der Waals surface area contributed by atoms with E-state index in [1.54, 1.807) is 12.1 Å². The highest BCUT2D eigenvalue weighted by atomic mass is 35.5. The zero-order chi connectivity index (χ0) is 28.8. The molecular weight excluding hydrogens is 534 g/mol. The highest BCUT2D eigenvalue weighted by Gasteiger charge is 2.39. The van der Waals surface area contributed by atoms with E-state index >= 15 is 0 Å². The first-order chi connectivity index (χ1) is 19.2. The molecule has 1 saturated heterocycles. The van der Waals surface area contributed by atoms with Gasteiger partial charge in [-0.25, -0.2) is 4.79 Å². The van der Waals surface area contributed by atoms with E-state index < -0.39 is 29.7 Å². The lowest BCUT2D eigenvalue weighted by Gasteiger charge is -2.38. The summed E-state index contributed by atoms with van der Waals surface area (Å²) >= 11 is 6.20. The van der Waals surface area contributed by atoms with Gasteiger partial charge in [0.05, 0.1) is 11.3 Å². The quantitative estimate of drug-likeness (QED) is 0.294. The van der Waals surface area contributed by atoms with Gasteiger partial charge in [0.2, 0.25) is 17.7 Å². The van der Waals surface area contributed by atoms with E-state index in [0.29, 0.717) is 27.5 Å². The molecule has 3 amide bonds. The Morgan fingerprint density at radius 3 is 2.35 bits per heavy atom. The van der Waals surface area contributed by atoms with Crippen LogP contribution >= 0.6 is 11.6 Å². The number of aromatic carboxylic acids is 1. The molecule has 1 aliphatic rings. The average molecular weight is 560 g/mol. The Morgan fingerprint density at radius 1 is 1.02 bits per heavy atom. The van der Waals surface area contributed by atoms with E-state index in [2.05, 4.69) is 5.32 Å². The van der Waals surface area contributed by atoms with E-state index in [1.807, 2.05) is 30.3 Å². The zero-order valence-electron chi connectivity index (χ0n) is 21.2. The molecule has 3 aromatic carbocycles. The fraction of sp³-hybridized carbons (Fsp3) is 0.138. The molecule has 40 heavy (non-hydrogen) atoms. The maximum Gasteiger partial charge on any atom is 0.335 e. The van der Waals surface area contributed by atoms with Crippen LogP contribution in [-0.2, 0) is 20.8 Å². The van der Waals surface area contributed by atoms with Crippen LogP contribution in [0, 0.1) is 5.41 Å². The molecule has 0 spiro atoms. The lowest BCUT2D eigenvalue weighted by molar-refractivity contribution is -0.143. The van der Waals surface area contributed by atoms with Crippen molar-refractivity contribution < 1.29 is 24.3 Å². The summed E-state index contributed by atoms with van der Waals surface area (Å²) in [5.74, 6) is -2.53. The summed E-state index contributed by atoms with van der Waals surface area (Å²) in [6.45, 7) is -0.728. The van der Waals surface area contributed by atoms with Crippen molar-refractivity contribution in [1.29, 1.82) is 5.41 Å². The number of amides is 3. The highest BCUT2D eigenvalue weighted by Crippen LogP contribution is 2.31.